The Labute approximate surface area is 356 Å². The van der Waals surface area contributed by atoms with Crippen LogP contribution in [0.1, 0.15) is 194 Å². The second kappa shape index (κ2) is 46.0. The highest BCUT2D eigenvalue weighted by Crippen LogP contribution is 2.10. The zero-order valence-electron chi connectivity index (χ0n) is 37.3. The topological polar surface area (TPSA) is 78.9 Å². The quantitative estimate of drug-likeness (QED) is 0.0202. The average molecular weight is 805 g/mol. The smallest absolute Gasteiger partial charge is 0.306 e. The highest BCUT2D eigenvalue weighted by Gasteiger charge is 2.19. The van der Waals surface area contributed by atoms with Crippen molar-refractivity contribution >= 4 is 17.9 Å². The van der Waals surface area contributed by atoms with Gasteiger partial charge in [0, 0.05) is 19.3 Å². The molecule has 0 aromatic rings. The van der Waals surface area contributed by atoms with E-state index in [-0.39, 0.29) is 31.6 Å². The van der Waals surface area contributed by atoms with Gasteiger partial charge in [-0.05, 0) is 96.3 Å². The van der Waals surface area contributed by atoms with Crippen LogP contribution in [0.4, 0.5) is 0 Å². The third-order valence-corrected chi connectivity index (χ3v) is 9.33. The second-order valence-electron chi connectivity index (χ2n) is 14.9. The Kier molecular flexibility index (Phi) is 43.1. The summed E-state index contributed by atoms with van der Waals surface area (Å²) in [6.07, 6.45) is 59.7. The van der Waals surface area contributed by atoms with E-state index < -0.39 is 12.1 Å². The van der Waals surface area contributed by atoms with Crippen molar-refractivity contribution in [2.75, 3.05) is 13.2 Å². The standard InChI is InChI=1S/C52H84O6/c1-4-7-10-13-16-19-22-24-25-26-28-30-33-36-39-42-45-51(54)57-48-49(47-56-50(53)44-41-38-35-32-29-21-18-15-12-9-6-3)58-52(55)46-43-40-37-34-31-27-23-20-17-14-11-8-5-2/h7,10,15-16,18-19,21,24-25,27-31,37,40,49H,4-6,8-9,11-14,17,20,22-23,26,32-36,38-39,41-48H2,1-3H3/b10-7-,18-15-,19-16-,25-24-,29-21-,30-28-,31-27-,40-37-. The molecule has 0 aliphatic rings. The molecular weight excluding hydrogens is 721 g/mol. The van der Waals surface area contributed by atoms with Gasteiger partial charge in [0.15, 0.2) is 6.10 Å². The molecule has 0 spiro atoms. The van der Waals surface area contributed by atoms with Gasteiger partial charge >= 0.3 is 17.9 Å². The van der Waals surface area contributed by atoms with Gasteiger partial charge in [0.1, 0.15) is 13.2 Å². The van der Waals surface area contributed by atoms with Gasteiger partial charge in [0.2, 0.25) is 0 Å². The van der Waals surface area contributed by atoms with Crippen molar-refractivity contribution in [2.45, 2.75) is 200 Å². The van der Waals surface area contributed by atoms with E-state index in [9.17, 15) is 14.4 Å². The SMILES string of the molecule is CC/C=C\C/C=C\C/C=C\C/C=C\CCCCCC(=O)OCC(COC(=O)CCCCC/C=C\C=C/CCCC)OC(=O)CC/C=C\C/C=C\CCCCCCCC. The van der Waals surface area contributed by atoms with Crippen molar-refractivity contribution in [1.82, 2.24) is 0 Å². The first-order valence-corrected chi connectivity index (χ1v) is 23.3. The lowest BCUT2D eigenvalue weighted by molar-refractivity contribution is -0.166. The van der Waals surface area contributed by atoms with E-state index in [1.54, 1.807) is 0 Å². The third kappa shape index (κ3) is 43.5. The molecule has 0 N–H and O–H groups in total. The Morgan fingerprint density at radius 2 is 0.776 bits per heavy atom. The van der Waals surface area contributed by atoms with E-state index in [0.29, 0.717) is 19.3 Å². The van der Waals surface area contributed by atoms with Crippen LogP contribution in [0.25, 0.3) is 0 Å². The first kappa shape index (κ1) is 54.3. The minimum Gasteiger partial charge on any atom is -0.462 e. The molecule has 0 saturated heterocycles. The number of hydrogen-bond acceptors (Lipinski definition) is 6. The molecule has 0 aliphatic heterocycles. The number of ether oxygens (including phenoxy) is 3. The van der Waals surface area contributed by atoms with Crippen molar-refractivity contribution in [1.29, 1.82) is 0 Å². The van der Waals surface area contributed by atoms with Crippen LogP contribution in [0.15, 0.2) is 97.2 Å². The van der Waals surface area contributed by atoms with Crippen LogP contribution in [-0.2, 0) is 28.6 Å². The lowest BCUT2D eigenvalue weighted by Crippen LogP contribution is -2.30. The molecule has 6 nitrogen and oxygen atoms in total. The monoisotopic (exact) mass is 805 g/mol. The molecule has 0 fully saturated rings. The Bertz CT molecular complexity index is 1200. The zero-order chi connectivity index (χ0) is 42.3. The molecule has 0 bridgehead atoms. The van der Waals surface area contributed by atoms with Crippen LogP contribution in [-0.4, -0.2) is 37.2 Å². The van der Waals surface area contributed by atoms with E-state index in [4.69, 9.17) is 14.2 Å². The molecule has 0 saturated carbocycles. The van der Waals surface area contributed by atoms with E-state index in [1.807, 2.05) is 6.08 Å². The van der Waals surface area contributed by atoms with Crippen LogP contribution in [0.5, 0.6) is 0 Å². The fourth-order valence-electron chi connectivity index (χ4n) is 5.81. The van der Waals surface area contributed by atoms with Crippen LogP contribution >= 0.6 is 0 Å². The fraction of sp³-hybridized carbons (Fsp3) is 0.635. The maximum atomic E-state index is 12.7. The molecule has 58 heavy (non-hydrogen) atoms. The average Bonchev–Trinajstić information content (AvgIpc) is 3.22. The summed E-state index contributed by atoms with van der Waals surface area (Å²) in [7, 11) is 0. The first-order chi connectivity index (χ1) is 28.5. The molecular formula is C52H84O6. The third-order valence-electron chi connectivity index (χ3n) is 9.33. The molecule has 0 heterocycles. The molecule has 0 amide bonds. The van der Waals surface area contributed by atoms with Crippen molar-refractivity contribution in [3.8, 4) is 0 Å². The summed E-state index contributed by atoms with van der Waals surface area (Å²) in [5.74, 6) is -1.06. The fourth-order valence-corrected chi connectivity index (χ4v) is 5.81. The second-order valence-corrected chi connectivity index (χ2v) is 14.9. The molecule has 0 aromatic carbocycles. The Morgan fingerprint density at radius 1 is 0.379 bits per heavy atom. The molecule has 1 unspecified atom stereocenters. The van der Waals surface area contributed by atoms with E-state index >= 15 is 0 Å². The summed E-state index contributed by atoms with van der Waals surface area (Å²) in [5.41, 5.74) is 0. The van der Waals surface area contributed by atoms with Crippen LogP contribution < -0.4 is 0 Å². The van der Waals surface area contributed by atoms with Gasteiger partial charge in [-0.3, -0.25) is 14.4 Å². The van der Waals surface area contributed by atoms with Gasteiger partial charge in [0.05, 0.1) is 0 Å². The molecule has 0 aliphatic carbocycles. The van der Waals surface area contributed by atoms with Crippen molar-refractivity contribution in [3.63, 3.8) is 0 Å². The molecule has 1 atom stereocenters. The Hall–Kier alpha value is -3.67. The number of esters is 3. The lowest BCUT2D eigenvalue weighted by Gasteiger charge is -2.18. The number of carbonyl (C=O) groups is 3. The maximum absolute atomic E-state index is 12.7. The highest BCUT2D eigenvalue weighted by molar-refractivity contribution is 5.71. The van der Waals surface area contributed by atoms with Crippen LogP contribution in [0.3, 0.4) is 0 Å². The van der Waals surface area contributed by atoms with E-state index in [0.717, 1.165) is 96.3 Å². The minimum absolute atomic E-state index is 0.126. The van der Waals surface area contributed by atoms with Gasteiger partial charge in [-0.2, -0.15) is 0 Å². The summed E-state index contributed by atoms with van der Waals surface area (Å²) in [4.78, 5) is 37.7. The summed E-state index contributed by atoms with van der Waals surface area (Å²) < 4.78 is 16.6. The number of hydrogen-bond donors (Lipinski definition) is 0. The van der Waals surface area contributed by atoms with E-state index in [2.05, 4.69) is 112 Å². The molecule has 0 rings (SSSR count). The predicted molar refractivity (Wildman–Crippen MR) is 247 cm³/mol. The number of allylic oxidation sites excluding steroid dienone is 16. The largest absolute Gasteiger partial charge is 0.462 e. The summed E-state index contributed by atoms with van der Waals surface area (Å²) in [5, 5.41) is 0. The Morgan fingerprint density at radius 3 is 1.28 bits per heavy atom. The first-order valence-electron chi connectivity index (χ1n) is 23.3. The molecule has 0 radical (unpaired) electrons. The summed E-state index contributed by atoms with van der Waals surface area (Å²) in [6.45, 7) is 6.33. The normalized spacial score (nSPS) is 12.9. The molecule has 6 heteroatoms. The molecule has 328 valence electrons. The van der Waals surface area contributed by atoms with Gasteiger partial charge in [-0.1, -0.05) is 176 Å². The molecule has 0 aromatic heterocycles. The number of carbonyl (C=O) groups excluding carboxylic acids is 3. The lowest BCUT2D eigenvalue weighted by atomic mass is 10.1. The number of rotatable bonds is 40. The van der Waals surface area contributed by atoms with Gasteiger partial charge < -0.3 is 14.2 Å². The minimum atomic E-state index is -0.831. The highest BCUT2D eigenvalue weighted by atomic mass is 16.6. The van der Waals surface area contributed by atoms with E-state index in [1.165, 1.54) is 51.4 Å². The van der Waals surface area contributed by atoms with Crippen molar-refractivity contribution in [3.05, 3.63) is 97.2 Å². The predicted octanol–water partition coefficient (Wildman–Crippen LogP) is 15.0. The Balaban J connectivity index is 4.55. The van der Waals surface area contributed by atoms with Gasteiger partial charge in [-0.15, -0.1) is 0 Å². The van der Waals surface area contributed by atoms with Gasteiger partial charge in [-0.25, -0.2) is 0 Å². The van der Waals surface area contributed by atoms with Crippen molar-refractivity contribution < 1.29 is 28.6 Å². The number of unbranched alkanes of at least 4 members (excludes halogenated alkanes) is 14. The van der Waals surface area contributed by atoms with Crippen LogP contribution in [0.2, 0.25) is 0 Å². The summed E-state index contributed by atoms with van der Waals surface area (Å²) in [6, 6.07) is 0. The summed E-state index contributed by atoms with van der Waals surface area (Å²) >= 11 is 0. The van der Waals surface area contributed by atoms with Gasteiger partial charge in [0.25, 0.3) is 0 Å². The maximum Gasteiger partial charge on any atom is 0.306 e. The zero-order valence-corrected chi connectivity index (χ0v) is 37.3. The van der Waals surface area contributed by atoms with Crippen LogP contribution in [0, 0.1) is 0 Å². The van der Waals surface area contributed by atoms with Crippen molar-refractivity contribution in [2.24, 2.45) is 0 Å².